The normalized spacial score (nSPS) is 11.9. The number of anilines is 1. The van der Waals surface area contributed by atoms with Gasteiger partial charge in [0.25, 0.3) is 0 Å². The Kier molecular flexibility index (Phi) is 5.72. The maximum Gasteiger partial charge on any atom is 0.237 e. The number of nitrogens with one attached hydrogen (secondary N) is 1. The second-order valence-corrected chi connectivity index (χ2v) is 7.11. The summed E-state index contributed by atoms with van der Waals surface area (Å²) >= 11 is 1.54. The molecule has 1 N–H and O–H groups in total. The van der Waals surface area contributed by atoms with Crippen molar-refractivity contribution < 1.29 is 9.53 Å². The summed E-state index contributed by atoms with van der Waals surface area (Å²) in [6.07, 6.45) is 0. The van der Waals surface area contributed by atoms with E-state index in [1.807, 2.05) is 45.0 Å². The van der Waals surface area contributed by atoms with E-state index in [0.29, 0.717) is 0 Å². The van der Waals surface area contributed by atoms with Crippen molar-refractivity contribution in [2.75, 3.05) is 12.4 Å². The monoisotopic (exact) mass is 329 g/mol. The van der Waals surface area contributed by atoms with Crippen molar-refractivity contribution in [3.05, 3.63) is 53.1 Å². The maximum absolute atomic E-state index is 12.5. The van der Waals surface area contributed by atoms with Crippen LogP contribution in [0.2, 0.25) is 0 Å². The summed E-state index contributed by atoms with van der Waals surface area (Å²) in [6, 6.07) is 11.9. The van der Waals surface area contributed by atoms with E-state index in [9.17, 15) is 4.79 Å². The van der Waals surface area contributed by atoms with Gasteiger partial charge in [0, 0.05) is 10.6 Å². The molecule has 0 saturated carbocycles. The summed E-state index contributed by atoms with van der Waals surface area (Å²) < 4.78 is 5.15. The van der Waals surface area contributed by atoms with Crippen LogP contribution in [0, 0.1) is 20.8 Å². The Bertz CT molecular complexity index is 672. The van der Waals surface area contributed by atoms with Gasteiger partial charge in [-0.25, -0.2) is 0 Å². The van der Waals surface area contributed by atoms with Gasteiger partial charge in [0.1, 0.15) is 5.75 Å². The number of carbonyl (C=O) groups excluding carboxylic acids is 1. The predicted molar refractivity (Wildman–Crippen MR) is 97.6 cm³/mol. The first-order chi connectivity index (χ1) is 10.9. The molecule has 4 heteroatoms. The minimum atomic E-state index is -0.177. The molecule has 0 aliphatic carbocycles. The zero-order valence-electron chi connectivity index (χ0n) is 14.3. The van der Waals surface area contributed by atoms with Crippen LogP contribution in [0.1, 0.15) is 23.6 Å². The number of ether oxygens (including phenoxy) is 1. The van der Waals surface area contributed by atoms with Crippen LogP contribution in [0.5, 0.6) is 5.75 Å². The summed E-state index contributed by atoms with van der Waals surface area (Å²) in [6.45, 7) is 8.03. The summed E-state index contributed by atoms with van der Waals surface area (Å²) in [4.78, 5) is 13.5. The molecule has 122 valence electrons. The maximum atomic E-state index is 12.5. The summed E-state index contributed by atoms with van der Waals surface area (Å²) in [5.74, 6) is 0.832. The fourth-order valence-corrected chi connectivity index (χ4v) is 3.38. The number of thioether (sulfide) groups is 1. The Labute approximate surface area is 142 Å². The number of benzene rings is 2. The molecule has 0 bridgehead atoms. The highest BCUT2D eigenvalue weighted by Crippen LogP contribution is 2.27. The van der Waals surface area contributed by atoms with Crippen LogP contribution < -0.4 is 10.1 Å². The fourth-order valence-electron chi connectivity index (χ4n) is 2.51. The van der Waals surface area contributed by atoms with Crippen LogP contribution in [0.15, 0.2) is 41.3 Å². The highest BCUT2D eigenvalue weighted by atomic mass is 32.2. The minimum absolute atomic E-state index is 0.0147. The molecule has 2 rings (SSSR count). The molecule has 0 heterocycles. The zero-order chi connectivity index (χ0) is 17.0. The SMILES string of the molecule is COc1ccc(S[C@H](C)C(=O)Nc2c(C)cc(C)cc2C)cc1. The molecule has 0 saturated heterocycles. The first-order valence-corrected chi connectivity index (χ1v) is 8.48. The van der Waals surface area contributed by atoms with Crippen LogP contribution in [0.3, 0.4) is 0 Å². The van der Waals surface area contributed by atoms with Gasteiger partial charge in [-0.15, -0.1) is 11.8 Å². The third-order valence-electron chi connectivity index (χ3n) is 3.67. The molecule has 1 atom stereocenters. The van der Waals surface area contributed by atoms with Crippen molar-refractivity contribution >= 4 is 23.4 Å². The van der Waals surface area contributed by atoms with Crippen molar-refractivity contribution in [1.82, 2.24) is 0 Å². The van der Waals surface area contributed by atoms with Crippen LogP contribution >= 0.6 is 11.8 Å². The van der Waals surface area contributed by atoms with Crippen LogP contribution in [-0.2, 0) is 4.79 Å². The second kappa shape index (κ2) is 7.55. The lowest BCUT2D eigenvalue weighted by atomic mass is 10.1. The molecular weight excluding hydrogens is 306 g/mol. The van der Waals surface area contributed by atoms with Gasteiger partial charge in [0.05, 0.1) is 12.4 Å². The van der Waals surface area contributed by atoms with Gasteiger partial charge in [0.2, 0.25) is 5.91 Å². The van der Waals surface area contributed by atoms with E-state index in [1.54, 1.807) is 7.11 Å². The van der Waals surface area contributed by atoms with E-state index >= 15 is 0 Å². The third-order valence-corrected chi connectivity index (χ3v) is 4.78. The molecule has 3 nitrogen and oxygen atoms in total. The highest BCUT2D eigenvalue weighted by molar-refractivity contribution is 8.00. The molecule has 2 aromatic rings. The second-order valence-electron chi connectivity index (χ2n) is 5.70. The van der Waals surface area contributed by atoms with E-state index in [4.69, 9.17) is 4.74 Å². The highest BCUT2D eigenvalue weighted by Gasteiger charge is 2.16. The minimum Gasteiger partial charge on any atom is -0.497 e. The average Bonchev–Trinajstić information content (AvgIpc) is 2.51. The number of amides is 1. The smallest absolute Gasteiger partial charge is 0.237 e. The Balaban J connectivity index is 2.05. The van der Waals surface area contributed by atoms with E-state index < -0.39 is 0 Å². The largest absolute Gasteiger partial charge is 0.497 e. The number of rotatable bonds is 5. The van der Waals surface area contributed by atoms with Gasteiger partial charge in [-0.2, -0.15) is 0 Å². The number of aryl methyl sites for hydroxylation is 3. The molecule has 1 amide bonds. The van der Waals surface area contributed by atoms with Gasteiger partial charge >= 0.3 is 0 Å². The van der Waals surface area contributed by atoms with Gasteiger partial charge in [0.15, 0.2) is 0 Å². The first kappa shape index (κ1) is 17.4. The van der Waals surface area contributed by atoms with Crippen molar-refractivity contribution in [2.24, 2.45) is 0 Å². The molecular formula is C19H23NO2S. The quantitative estimate of drug-likeness (QED) is 0.805. The number of carbonyl (C=O) groups is 1. The lowest BCUT2D eigenvalue weighted by Gasteiger charge is -2.16. The molecule has 0 aliphatic rings. The molecule has 0 aromatic heterocycles. The average molecular weight is 329 g/mol. The molecule has 0 spiro atoms. The Morgan fingerprint density at radius 2 is 1.65 bits per heavy atom. The van der Waals surface area contributed by atoms with Crippen molar-refractivity contribution in [3.8, 4) is 5.75 Å². The lowest BCUT2D eigenvalue weighted by molar-refractivity contribution is -0.115. The van der Waals surface area contributed by atoms with Gasteiger partial charge in [-0.3, -0.25) is 4.79 Å². The molecule has 0 radical (unpaired) electrons. The van der Waals surface area contributed by atoms with E-state index in [0.717, 1.165) is 27.5 Å². The van der Waals surface area contributed by atoms with Crippen LogP contribution in [0.4, 0.5) is 5.69 Å². The standard InChI is InChI=1S/C19H23NO2S/c1-12-10-13(2)18(14(3)11-12)20-19(21)15(4)23-17-8-6-16(22-5)7-9-17/h6-11,15H,1-5H3,(H,20,21)/t15-/m1/s1. The van der Waals surface area contributed by atoms with Crippen molar-refractivity contribution in [1.29, 1.82) is 0 Å². The number of methoxy groups -OCH3 is 1. The topological polar surface area (TPSA) is 38.3 Å². The number of hydrogen-bond acceptors (Lipinski definition) is 3. The Morgan fingerprint density at radius 3 is 2.17 bits per heavy atom. The van der Waals surface area contributed by atoms with Gasteiger partial charge in [-0.1, -0.05) is 17.7 Å². The summed E-state index contributed by atoms with van der Waals surface area (Å²) in [5, 5.41) is 2.89. The van der Waals surface area contributed by atoms with Gasteiger partial charge < -0.3 is 10.1 Å². The fraction of sp³-hybridized carbons (Fsp3) is 0.316. The molecule has 2 aromatic carbocycles. The molecule has 0 unspecified atom stereocenters. The van der Waals surface area contributed by atoms with Gasteiger partial charge in [-0.05, 0) is 63.1 Å². The molecule has 0 aliphatic heterocycles. The Hall–Kier alpha value is -1.94. The third kappa shape index (κ3) is 4.52. The number of hydrogen-bond donors (Lipinski definition) is 1. The molecule has 0 fully saturated rings. The zero-order valence-corrected chi connectivity index (χ0v) is 15.1. The summed E-state index contributed by atoms with van der Waals surface area (Å²) in [7, 11) is 1.64. The van der Waals surface area contributed by atoms with E-state index in [2.05, 4.69) is 24.4 Å². The van der Waals surface area contributed by atoms with E-state index in [-0.39, 0.29) is 11.2 Å². The first-order valence-electron chi connectivity index (χ1n) is 7.60. The lowest BCUT2D eigenvalue weighted by Crippen LogP contribution is -2.23. The van der Waals surface area contributed by atoms with Crippen LogP contribution in [-0.4, -0.2) is 18.3 Å². The van der Waals surface area contributed by atoms with E-state index in [1.165, 1.54) is 17.3 Å². The van der Waals surface area contributed by atoms with Crippen LogP contribution in [0.25, 0.3) is 0 Å². The summed E-state index contributed by atoms with van der Waals surface area (Å²) in [5.41, 5.74) is 4.32. The molecule has 23 heavy (non-hydrogen) atoms. The van der Waals surface area contributed by atoms with Crippen molar-refractivity contribution in [3.63, 3.8) is 0 Å². The Morgan fingerprint density at radius 1 is 1.09 bits per heavy atom. The predicted octanol–water partition coefficient (Wildman–Crippen LogP) is 4.74. The van der Waals surface area contributed by atoms with Crippen molar-refractivity contribution in [2.45, 2.75) is 37.8 Å².